The Bertz CT molecular complexity index is 1290. The summed E-state index contributed by atoms with van der Waals surface area (Å²) in [6, 6.07) is 24.3. The van der Waals surface area contributed by atoms with Gasteiger partial charge in [-0.05, 0) is 70.3 Å². The Balaban J connectivity index is 0.00000576. The molecule has 0 spiro atoms. The van der Waals surface area contributed by atoms with Crippen LogP contribution in [0.2, 0.25) is 0 Å². The molecule has 1 N–H and O–H groups in total. The van der Waals surface area contributed by atoms with Crippen molar-refractivity contribution in [1.29, 1.82) is 0 Å². The molecule has 3 aromatic rings. The smallest absolute Gasteiger partial charge is 0.142 e. The Morgan fingerprint density at radius 3 is 1.63 bits per heavy atom. The van der Waals surface area contributed by atoms with Gasteiger partial charge in [-0.2, -0.15) is 0 Å². The van der Waals surface area contributed by atoms with Crippen molar-refractivity contribution in [1.82, 2.24) is 4.48 Å². The Morgan fingerprint density at radius 2 is 1.20 bits per heavy atom. The molecular formula is C42H63BrN2O. The van der Waals surface area contributed by atoms with Crippen LogP contribution in [-0.2, 0) is 17.3 Å². The second-order valence-electron chi connectivity index (χ2n) is 15.6. The molecule has 0 saturated carbocycles. The van der Waals surface area contributed by atoms with E-state index in [-0.39, 0.29) is 27.8 Å². The monoisotopic (exact) mass is 690 g/mol. The molecule has 0 saturated heterocycles. The van der Waals surface area contributed by atoms with E-state index in [9.17, 15) is 0 Å². The SMILES string of the molecule is CCCCCCCCCCCC1c2cc(OC)c(NC)cc2CC[N+]1(c1ccc(C(C)(C)C)cc1)c1ccc(C(C)(C)C)cc1.[Br-]. The summed E-state index contributed by atoms with van der Waals surface area (Å²) in [6.07, 6.45) is 14.3. The molecule has 3 nitrogen and oxygen atoms in total. The van der Waals surface area contributed by atoms with Crippen molar-refractivity contribution >= 4 is 17.1 Å². The zero-order chi connectivity index (χ0) is 32.7. The van der Waals surface area contributed by atoms with Crippen molar-refractivity contribution in [3.05, 3.63) is 82.9 Å². The molecule has 0 bridgehead atoms. The number of unbranched alkanes of at least 4 members (excludes halogenated alkanes) is 8. The van der Waals surface area contributed by atoms with E-state index in [2.05, 4.69) is 114 Å². The van der Waals surface area contributed by atoms with Gasteiger partial charge < -0.3 is 27.0 Å². The summed E-state index contributed by atoms with van der Waals surface area (Å²) in [7, 11) is 3.81. The highest BCUT2D eigenvalue weighted by Crippen LogP contribution is 2.51. The van der Waals surface area contributed by atoms with E-state index < -0.39 is 0 Å². The maximum absolute atomic E-state index is 5.96. The van der Waals surface area contributed by atoms with Gasteiger partial charge in [0.1, 0.15) is 23.2 Å². The van der Waals surface area contributed by atoms with Crippen LogP contribution < -0.4 is 31.5 Å². The molecule has 1 aliphatic heterocycles. The van der Waals surface area contributed by atoms with Crippen LogP contribution in [0.25, 0.3) is 0 Å². The van der Waals surface area contributed by atoms with Crippen LogP contribution in [0.3, 0.4) is 0 Å². The lowest BCUT2D eigenvalue weighted by Crippen LogP contribution is -3.00. The van der Waals surface area contributed by atoms with E-state index >= 15 is 0 Å². The van der Waals surface area contributed by atoms with Gasteiger partial charge in [0.05, 0.1) is 19.3 Å². The van der Waals surface area contributed by atoms with Gasteiger partial charge in [-0.1, -0.05) is 124 Å². The van der Waals surface area contributed by atoms with Crippen LogP contribution in [0.5, 0.6) is 5.75 Å². The summed E-state index contributed by atoms with van der Waals surface area (Å²) >= 11 is 0. The van der Waals surface area contributed by atoms with Crippen molar-refractivity contribution in [3.63, 3.8) is 0 Å². The van der Waals surface area contributed by atoms with Crippen LogP contribution in [0.4, 0.5) is 17.1 Å². The molecule has 1 aliphatic rings. The van der Waals surface area contributed by atoms with Crippen molar-refractivity contribution < 1.29 is 21.7 Å². The summed E-state index contributed by atoms with van der Waals surface area (Å²) in [5.74, 6) is 0.944. The van der Waals surface area contributed by atoms with Crippen LogP contribution in [0.1, 0.15) is 141 Å². The number of nitrogens with one attached hydrogen (secondary N) is 1. The molecule has 254 valence electrons. The van der Waals surface area contributed by atoms with Crippen LogP contribution in [0.15, 0.2) is 60.7 Å². The highest BCUT2D eigenvalue weighted by molar-refractivity contribution is 5.67. The van der Waals surface area contributed by atoms with Gasteiger partial charge in [0.25, 0.3) is 0 Å². The Kier molecular flexibility index (Phi) is 13.8. The van der Waals surface area contributed by atoms with Gasteiger partial charge >= 0.3 is 0 Å². The maximum atomic E-state index is 5.96. The standard InChI is InChI=1S/C42H63N2O.BrH/c1-10-11-12-13-14-15-16-17-18-19-39-37-31-40(45-9)38(43-8)30-32(37)28-29-44(39,35-24-20-33(21-25-35)41(2,3)4)36-26-22-34(23-27-36)42(5,6)7;/h20-27,30-31,39,43H,10-19,28-29H2,1-9H3;1H/q+1;/p-1. The number of hydrogen-bond acceptors (Lipinski definition) is 2. The molecule has 1 unspecified atom stereocenters. The second kappa shape index (κ2) is 16.7. The molecular weight excluding hydrogens is 628 g/mol. The highest BCUT2D eigenvalue weighted by atomic mass is 79.9. The van der Waals surface area contributed by atoms with Gasteiger partial charge in [-0.3, -0.25) is 4.48 Å². The average Bonchev–Trinajstić information content (AvgIpc) is 3.02. The molecule has 0 aliphatic carbocycles. The lowest BCUT2D eigenvalue weighted by molar-refractivity contribution is -0.0000105. The second-order valence-corrected chi connectivity index (χ2v) is 15.6. The third kappa shape index (κ3) is 8.78. The number of ether oxygens (including phenoxy) is 1. The topological polar surface area (TPSA) is 21.3 Å². The van der Waals surface area contributed by atoms with Gasteiger partial charge in [0.2, 0.25) is 0 Å². The van der Waals surface area contributed by atoms with Crippen molar-refractivity contribution in [2.24, 2.45) is 0 Å². The van der Waals surface area contributed by atoms with Crippen LogP contribution in [-0.4, -0.2) is 20.7 Å². The third-order valence-electron chi connectivity index (χ3n) is 10.3. The highest BCUT2D eigenvalue weighted by Gasteiger charge is 2.46. The van der Waals surface area contributed by atoms with Crippen LogP contribution in [0, 0.1) is 0 Å². The molecule has 3 aromatic carbocycles. The van der Waals surface area contributed by atoms with Crippen LogP contribution >= 0.6 is 0 Å². The fourth-order valence-corrected chi connectivity index (χ4v) is 7.47. The Labute approximate surface area is 292 Å². The number of rotatable bonds is 14. The summed E-state index contributed by atoms with van der Waals surface area (Å²) in [4.78, 5) is 0. The maximum Gasteiger partial charge on any atom is 0.142 e. The molecule has 0 aromatic heterocycles. The number of benzene rings is 3. The molecule has 0 fully saturated rings. The summed E-state index contributed by atoms with van der Waals surface area (Å²) < 4.78 is 6.83. The van der Waals surface area contributed by atoms with Crippen molar-refractivity contribution in [2.45, 2.75) is 136 Å². The number of anilines is 1. The average molecular weight is 692 g/mol. The number of methoxy groups -OCH3 is 1. The number of hydrogen-bond donors (Lipinski definition) is 1. The van der Waals surface area contributed by atoms with E-state index in [0.717, 1.165) is 35.3 Å². The van der Waals surface area contributed by atoms with E-state index in [1.165, 1.54) is 91.4 Å². The summed E-state index contributed by atoms with van der Waals surface area (Å²) in [6.45, 7) is 17.2. The van der Waals surface area contributed by atoms with Gasteiger partial charge in [0, 0.05) is 25.5 Å². The first-order valence-electron chi connectivity index (χ1n) is 17.9. The predicted molar refractivity (Wildman–Crippen MR) is 197 cm³/mol. The van der Waals surface area contributed by atoms with E-state index in [1.807, 2.05) is 7.05 Å². The van der Waals surface area contributed by atoms with Gasteiger partial charge in [-0.15, -0.1) is 0 Å². The quantitative estimate of drug-likeness (QED) is 0.135. The summed E-state index contributed by atoms with van der Waals surface area (Å²) in [5.41, 5.74) is 9.83. The van der Waals surface area contributed by atoms with Crippen molar-refractivity contribution in [3.8, 4) is 5.75 Å². The molecule has 0 radical (unpaired) electrons. The molecule has 0 amide bonds. The largest absolute Gasteiger partial charge is 1.00 e. The summed E-state index contributed by atoms with van der Waals surface area (Å²) in [5, 5.41) is 3.39. The molecule has 1 atom stereocenters. The minimum atomic E-state index is 0. The number of quaternary nitrogens is 1. The predicted octanol–water partition coefficient (Wildman–Crippen LogP) is 9.19. The number of nitrogens with zero attached hydrogens (tertiary/aromatic N) is 1. The zero-order valence-electron chi connectivity index (χ0n) is 30.6. The molecule has 1 heterocycles. The molecule has 46 heavy (non-hydrogen) atoms. The number of fused-ring (bicyclic) bond motifs is 1. The molecule has 4 rings (SSSR count). The van der Waals surface area contributed by atoms with E-state index in [1.54, 1.807) is 7.11 Å². The van der Waals surface area contributed by atoms with E-state index in [4.69, 9.17) is 4.74 Å². The Hall–Kier alpha value is -2.30. The zero-order valence-corrected chi connectivity index (χ0v) is 32.2. The fourth-order valence-electron chi connectivity index (χ4n) is 7.47. The first-order valence-corrected chi connectivity index (χ1v) is 17.9. The minimum absolute atomic E-state index is 0. The first kappa shape index (κ1) is 38.2. The fraction of sp³-hybridized carbons (Fsp3) is 0.571. The lowest BCUT2D eigenvalue weighted by atomic mass is 9.83. The van der Waals surface area contributed by atoms with Gasteiger partial charge in [-0.25, -0.2) is 0 Å². The first-order chi connectivity index (χ1) is 21.5. The van der Waals surface area contributed by atoms with Crippen molar-refractivity contribution in [2.75, 3.05) is 26.0 Å². The van der Waals surface area contributed by atoms with E-state index in [0.29, 0.717) is 6.04 Å². The Morgan fingerprint density at radius 1 is 0.717 bits per heavy atom. The lowest BCUT2D eigenvalue weighted by Gasteiger charge is -2.48. The third-order valence-corrected chi connectivity index (χ3v) is 10.3. The minimum Gasteiger partial charge on any atom is -1.00 e. The normalized spacial score (nSPS) is 16.0. The molecule has 4 heteroatoms. The van der Waals surface area contributed by atoms with Gasteiger partial charge in [0.15, 0.2) is 0 Å². The number of halogens is 1.